The molecule has 2 bridgehead atoms. The molecule has 0 spiro atoms. The van der Waals surface area contributed by atoms with Crippen LogP contribution in [0.4, 0.5) is 0 Å². The first kappa shape index (κ1) is 27.9. The van der Waals surface area contributed by atoms with Crippen molar-refractivity contribution in [2.75, 3.05) is 6.67 Å². The number of aromatic nitrogens is 2. The average Bonchev–Trinajstić information content (AvgIpc) is 3.54. The van der Waals surface area contributed by atoms with Crippen LogP contribution in [0.2, 0.25) is 5.02 Å². The van der Waals surface area contributed by atoms with Gasteiger partial charge in [0, 0.05) is 35.4 Å². The van der Waals surface area contributed by atoms with Crippen LogP contribution in [-0.4, -0.2) is 28.4 Å². The Kier molecular flexibility index (Phi) is 7.66. The third kappa shape index (κ3) is 5.15. The first-order valence-electron chi connectivity index (χ1n) is 14.2. The van der Waals surface area contributed by atoms with Crippen LogP contribution in [0.25, 0.3) is 11.3 Å². The highest BCUT2D eigenvalue weighted by atomic mass is 35.5. The third-order valence-corrected chi connectivity index (χ3v) is 9.88. The molecule has 3 aromatic rings. The number of hydrogen-bond acceptors (Lipinski definition) is 4. The number of hydrogen-bond donors (Lipinski definition) is 3. The lowest BCUT2D eigenvalue weighted by atomic mass is 9.68. The van der Waals surface area contributed by atoms with E-state index in [1.54, 1.807) is 0 Å². The van der Waals surface area contributed by atoms with Gasteiger partial charge in [-0.1, -0.05) is 69.6 Å². The lowest BCUT2D eigenvalue weighted by Gasteiger charge is -2.43. The molecular weight excluding hydrogens is 506 g/mol. The molecule has 4 N–H and O–H groups in total. The molecule has 2 saturated carbocycles. The third-order valence-electron chi connectivity index (χ3n) is 9.45. The van der Waals surface area contributed by atoms with Crippen LogP contribution >= 0.6 is 11.6 Å². The van der Waals surface area contributed by atoms with Gasteiger partial charge < -0.3 is 16.4 Å². The molecule has 6 nitrogen and oxygen atoms in total. The monoisotopic (exact) mass is 547 g/mol. The smallest absolute Gasteiger partial charge is 0.272 e. The van der Waals surface area contributed by atoms with E-state index in [-0.39, 0.29) is 22.8 Å². The maximum atomic E-state index is 14.1. The zero-order valence-corrected chi connectivity index (χ0v) is 24.7. The summed E-state index contributed by atoms with van der Waals surface area (Å²) in [5.74, 6) is 0.533. The maximum absolute atomic E-state index is 14.1. The van der Waals surface area contributed by atoms with Gasteiger partial charge in [0.2, 0.25) is 0 Å². The van der Waals surface area contributed by atoms with Crippen LogP contribution in [-0.2, 0) is 19.5 Å². The van der Waals surface area contributed by atoms with Crippen LogP contribution in [0.3, 0.4) is 0 Å². The Hall–Kier alpha value is -2.67. The van der Waals surface area contributed by atoms with Gasteiger partial charge in [-0.15, -0.1) is 0 Å². The number of nitrogens with zero attached hydrogens (tertiary/aromatic N) is 2. The van der Waals surface area contributed by atoms with Crippen molar-refractivity contribution in [3.05, 3.63) is 75.4 Å². The second kappa shape index (κ2) is 10.7. The quantitative estimate of drug-likeness (QED) is 0.284. The fourth-order valence-electron chi connectivity index (χ4n) is 7.19. The van der Waals surface area contributed by atoms with Gasteiger partial charge in [-0.3, -0.25) is 9.48 Å². The molecule has 0 saturated heterocycles. The second-order valence-corrected chi connectivity index (χ2v) is 12.8. The van der Waals surface area contributed by atoms with Gasteiger partial charge in [-0.25, -0.2) is 0 Å². The number of rotatable bonds is 9. The number of amides is 1. The van der Waals surface area contributed by atoms with Gasteiger partial charge in [0.25, 0.3) is 5.91 Å². The van der Waals surface area contributed by atoms with Crippen molar-refractivity contribution >= 4 is 17.5 Å². The van der Waals surface area contributed by atoms with E-state index in [2.05, 4.69) is 68.7 Å². The van der Waals surface area contributed by atoms with Gasteiger partial charge in [0.15, 0.2) is 5.69 Å². The number of aryl methyl sites for hydroxylation is 2. The predicted octanol–water partition coefficient (Wildman–Crippen LogP) is 6.07. The number of nitrogens with two attached hydrogens (primary N) is 1. The summed E-state index contributed by atoms with van der Waals surface area (Å²) in [4.78, 5) is 14.1. The van der Waals surface area contributed by atoms with Crippen molar-refractivity contribution in [1.82, 2.24) is 20.4 Å². The molecule has 3 atom stereocenters. The molecule has 2 fully saturated rings. The van der Waals surface area contributed by atoms with Gasteiger partial charge in [0.05, 0.1) is 12.2 Å². The number of halogens is 1. The van der Waals surface area contributed by atoms with E-state index >= 15 is 0 Å². The molecule has 2 aliphatic rings. The molecule has 1 amide bonds. The molecular formula is C32H42ClN5O. The van der Waals surface area contributed by atoms with Gasteiger partial charge in [0.1, 0.15) is 0 Å². The van der Waals surface area contributed by atoms with E-state index in [0.717, 1.165) is 40.8 Å². The largest absolute Gasteiger partial charge is 0.347 e. The highest BCUT2D eigenvalue weighted by Gasteiger charge is 2.59. The van der Waals surface area contributed by atoms with Crippen molar-refractivity contribution in [3.63, 3.8) is 0 Å². The van der Waals surface area contributed by atoms with Crippen LogP contribution in [0.15, 0.2) is 42.5 Å². The first-order valence-corrected chi connectivity index (χ1v) is 14.6. The second-order valence-electron chi connectivity index (χ2n) is 12.4. The zero-order chi connectivity index (χ0) is 27.9. The normalized spacial score (nSPS) is 23.4. The minimum atomic E-state index is -0.109. The van der Waals surface area contributed by atoms with E-state index in [4.69, 9.17) is 22.4 Å². The average molecular weight is 548 g/mol. The lowest BCUT2D eigenvalue weighted by Crippen LogP contribution is -2.52. The topological polar surface area (TPSA) is 85.0 Å². The first-order chi connectivity index (χ1) is 18.6. The fourth-order valence-corrected chi connectivity index (χ4v) is 7.31. The summed E-state index contributed by atoms with van der Waals surface area (Å²) >= 11 is 6.40. The van der Waals surface area contributed by atoms with Crippen LogP contribution < -0.4 is 16.4 Å². The van der Waals surface area contributed by atoms with Crippen LogP contribution in [0.5, 0.6) is 0 Å². The Labute approximate surface area is 237 Å². The Bertz CT molecular complexity index is 1360. The van der Waals surface area contributed by atoms with E-state index in [1.807, 2.05) is 23.7 Å². The molecule has 1 aromatic heterocycles. The van der Waals surface area contributed by atoms with E-state index < -0.39 is 0 Å². The van der Waals surface area contributed by atoms with E-state index in [0.29, 0.717) is 36.4 Å². The molecule has 7 heteroatoms. The summed E-state index contributed by atoms with van der Waals surface area (Å²) in [7, 11) is 0. The number of fused-ring (bicyclic) bond motifs is 2. The molecule has 208 valence electrons. The summed E-state index contributed by atoms with van der Waals surface area (Å²) < 4.78 is 1.97. The number of carbonyl (C=O) groups is 1. The number of carbonyl (C=O) groups excluding carboxylic acids is 1. The molecule has 3 unspecified atom stereocenters. The Balaban J connectivity index is 1.59. The number of nitrogens with one attached hydrogen (secondary N) is 2. The summed E-state index contributed by atoms with van der Waals surface area (Å²) in [6, 6.07) is 14.7. The predicted molar refractivity (Wildman–Crippen MR) is 159 cm³/mol. The van der Waals surface area contributed by atoms with Crippen LogP contribution in [0.1, 0.15) is 79.7 Å². The SMILES string of the molecule is CCc1ccc(Cn2nc(C(=O)NC3C4(C)CCC(C4)C3(C)C)c(CNCN)c2-c2ccc(Cl)c(C)c2)cc1. The Morgan fingerprint density at radius 2 is 1.87 bits per heavy atom. The number of benzene rings is 2. The van der Waals surface area contributed by atoms with Gasteiger partial charge in [-0.05, 0) is 78.2 Å². The zero-order valence-electron chi connectivity index (χ0n) is 23.9. The van der Waals surface area contributed by atoms with E-state index in [9.17, 15) is 4.79 Å². The molecule has 39 heavy (non-hydrogen) atoms. The Morgan fingerprint density at radius 1 is 1.15 bits per heavy atom. The lowest BCUT2D eigenvalue weighted by molar-refractivity contribution is 0.0731. The van der Waals surface area contributed by atoms with Crippen molar-refractivity contribution in [2.24, 2.45) is 22.5 Å². The standard InChI is InChI=1S/C32H42ClN5O/c1-6-21-7-9-22(10-8-21)18-38-28(23-11-12-26(33)20(2)15-23)25(17-35-19-34)27(37-38)29(39)36-30-31(3,4)24-13-14-32(30,5)16-24/h7-12,15,24,30,35H,6,13-14,16-19,34H2,1-5H3,(H,36,39). The minimum absolute atomic E-state index is 0.0536. The molecule has 1 heterocycles. The summed E-state index contributed by atoms with van der Waals surface area (Å²) in [5, 5.41) is 12.4. The molecule has 2 aromatic carbocycles. The Morgan fingerprint density at radius 3 is 2.49 bits per heavy atom. The van der Waals surface area contributed by atoms with Gasteiger partial charge in [-0.2, -0.15) is 5.10 Å². The molecule has 0 aliphatic heterocycles. The van der Waals surface area contributed by atoms with Gasteiger partial charge >= 0.3 is 0 Å². The van der Waals surface area contributed by atoms with Crippen molar-refractivity contribution in [2.45, 2.75) is 79.4 Å². The summed E-state index contributed by atoms with van der Waals surface area (Å²) in [6.07, 6.45) is 4.57. The highest BCUT2D eigenvalue weighted by Crippen LogP contribution is 2.62. The van der Waals surface area contributed by atoms with Crippen LogP contribution in [0, 0.1) is 23.7 Å². The summed E-state index contributed by atoms with van der Waals surface area (Å²) in [5.41, 5.74) is 12.7. The minimum Gasteiger partial charge on any atom is -0.347 e. The molecule has 0 radical (unpaired) electrons. The fraction of sp³-hybridized carbons (Fsp3) is 0.500. The maximum Gasteiger partial charge on any atom is 0.272 e. The van der Waals surface area contributed by atoms with Crippen molar-refractivity contribution in [3.8, 4) is 11.3 Å². The summed E-state index contributed by atoms with van der Waals surface area (Å²) in [6.45, 7) is 12.4. The molecule has 5 rings (SSSR count). The highest BCUT2D eigenvalue weighted by molar-refractivity contribution is 6.31. The molecule has 2 aliphatic carbocycles. The van der Waals surface area contributed by atoms with E-state index in [1.165, 1.54) is 18.4 Å². The van der Waals surface area contributed by atoms with Crippen molar-refractivity contribution in [1.29, 1.82) is 0 Å². The van der Waals surface area contributed by atoms with Crippen molar-refractivity contribution < 1.29 is 4.79 Å².